The third kappa shape index (κ3) is 2.73. The molecule has 2 rings (SSSR count). The standard InChI is InChI=1S/C15H20N2O/c1-3-5-11-17-12-10-16-15(17)13-8-6-7-9-14(13)18-4-2/h6-10,12H,3-5,11H2,1-2H3/p+1. The summed E-state index contributed by atoms with van der Waals surface area (Å²) in [6, 6.07) is 8.17. The third-order valence-electron chi connectivity index (χ3n) is 2.96. The van der Waals surface area contributed by atoms with E-state index < -0.39 is 0 Å². The molecule has 0 radical (unpaired) electrons. The van der Waals surface area contributed by atoms with Crippen molar-refractivity contribution in [2.75, 3.05) is 6.61 Å². The molecule has 0 bridgehead atoms. The van der Waals surface area contributed by atoms with Crippen molar-refractivity contribution in [3.63, 3.8) is 0 Å². The molecule has 2 aromatic rings. The molecule has 1 heterocycles. The fourth-order valence-corrected chi connectivity index (χ4v) is 2.05. The summed E-state index contributed by atoms with van der Waals surface area (Å²) in [4.78, 5) is 3.31. The second-order valence-corrected chi connectivity index (χ2v) is 4.28. The van der Waals surface area contributed by atoms with Gasteiger partial charge in [-0.1, -0.05) is 25.5 Å². The highest BCUT2D eigenvalue weighted by molar-refractivity contribution is 5.61. The summed E-state index contributed by atoms with van der Waals surface area (Å²) in [6.07, 6.45) is 6.46. The summed E-state index contributed by atoms with van der Waals surface area (Å²) in [6.45, 7) is 5.94. The Kier molecular flexibility index (Phi) is 4.40. The monoisotopic (exact) mass is 245 g/mol. The van der Waals surface area contributed by atoms with Crippen molar-refractivity contribution < 1.29 is 9.30 Å². The van der Waals surface area contributed by atoms with E-state index in [-0.39, 0.29) is 0 Å². The molecule has 3 heteroatoms. The first-order valence-corrected chi connectivity index (χ1v) is 6.65. The van der Waals surface area contributed by atoms with Crippen LogP contribution in [0.3, 0.4) is 0 Å². The quantitative estimate of drug-likeness (QED) is 0.778. The maximum absolute atomic E-state index is 5.69. The van der Waals surface area contributed by atoms with Crippen molar-refractivity contribution in [2.24, 2.45) is 0 Å². The van der Waals surface area contributed by atoms with E-state index in [9.17, 15) is 0 Å². The van der Waals surface area contributed by atoms with Crippen LogP contribution in [-0.4, -0.2) is 11.6 Å². The maximum atomic E-state index is 5.69. The van der Waals surface area contributed by atoms with Gasteiger partial charge in [0.1, 0.15) is 23.7 Å². The molecule has 0 saturated carbocycles. The molecule has 1 aromatic heterocycles. The number of para-hydroxylation sites is 1. The van der Waals surface area contributed by atoms with E-state index >= 15 is 0 Å². The normalized spacial score (nSPS) is 10.6. The molecule has 0 unspecified atom stereocenters. The Labute approximate surface area is 108 Å². The molecule has 0 saturated heterocycles. The summed E-state index contributed by atoms with van der Waals surface area (Å²) < 4.78 is 7.94. The van der Waals surface area contributed by atoms with E-state index in [2.05, 4.69) is 28.7 Å². The number of H-pyrrole nitrogens is 1. The number of benzene rings is 1. The largest absolute Gasteiger partial charge is 0.493 e. The van der Waals surface area contributed by atoms with Gasteiger partial charge in [0.25, 0.3) is 5.82 Å². The Hall–Kier alpha value is -1.77. The van der Waals surface area contributed by atoms with Gasteiger partial charge in [0.15, 0.2) is 0 Å². The first kappa shape index (κ1) is 12.7. The van der Waals surface area contributed by atoms with Gasteiger partial charge in [-0.05, 0) is 25.5 Å². The van der Waals surface area contributed by atoms with Crippen molar-refractivity contribution in [3.8, 4) is 17.1 Å². The van der Waals surface area contributed by atoms with Crippen LogP contribution in [0.15, 0.2) is 36.7 Å². The Bertz CT molecular complexity index is 491. The number of rotatable bonds is 6. The van der Waals surface area contributed by atoms with E-state index in [4.69, 9.17) is 4.74 Å². The first-order valence-electron chi connectivity index (χ1n) is 6.65. The lowest BCUT2D eigenvalue weighted by Gasteiger charge is -2.07. The fraction of sp³-hybridized carbons (Fsp3) is 0.400. The Morgan fingerprint density at radius 2 is 2.06 bits per heavy atom. The number of aromatic nitrogens is 2. The van der Waals surface area contributed by atoms with Crippen LogP contribution in [0.5, 0.6) is 5.75 Å². The molecule has 18 heavy (non-hydrogen) atoms. The molecule has 1 aromatic carbocycles. The summed E-state index contributed by atoms with van der Waals surface area (Å²) in [7, 11) is 0. The summed E-state index contributed by atoms with van der Waals surface area (Å²) in [5.74, 6) is 2.06. The highest BCUT2D eigenvalue weighted by Gasteiger charge is 2.16. The summed E-state index contributed by atoms with van der Waals surface area (Å²) in [5.41, 5.74) is 1.13. The second kappa shape index (κ2) is 6.24. The lowest BCUT2D eigenvalue weighted by atomic mass is 10.2. The zero-order chi connectivity index (χ0) is 12.8. The molecule has 1 N–H and O–H groups in total. The Balaban J connectivity index is 2.33. The zero-order valence-corrected chi connectivity index (χ0v) is 11.1. The number of hydrogen-bond acceptors (Lipinski definition) is 1. The molecular weight excluding hydrogens is 224 g/mol. The third-order valence-corrected chi connectivity index (χ3v) is 2.96. The Morgan fingerprint density at radius 3 is 2.83 bits per heavy atom. The number of nitrogens with one attached hydrogen (secondary N) is 1. The van der Waals surface area contributed by atoms with Gasteiger partial charge in [0, 0.05) is 0 Å². The molecule has 0 spiro atoms. The van der Waals surface area contributed by atoms with Gasteiger partial charge in [-0.25, -0.2) is 9.55 Å². The SMILES string of the molecule is CCCC[n+]1cc[nH]c1-c1ccccc1OCC. The van der Waals surface area contributed by atoms with Gasteiger partial charge < -0.3 is 4.74 Å². The number of nitrogens with zero attached hydrogens (tertiary/aromatic N) is 1. The van der Waals surface area contributed by atoms with Crippen LogP contribution in [0.4, 0.5) is 0 Å². The van der Waals surface area contributed by atoms with Crippen molar-refractivity contribution in [3.05, 3.63) is 36.7 Å². The molecular formula is C15H21N2O+. The predicted octanol–water partition coefficient (Wildman–Crippen LogP) is 3.17. The predicted molar refractivity (Wildman–Crippen MR) is 72.5 cm³/mol. The van der Waals surface area contributed by atoms with E-state index in [1.165, 1.54) is 12.8 Å². The van der Waals surface area contributed by atoms with Crippen LogP contribution >= 0.6 is 0 Å². The number of aromatic amines is 1. The maximum Gasteiger partial charge on any atom is 0.290 e. The van der Waals surface area contributed by atoms with Crippen LogP contribution in [0, 0.1) is 0 Å². The molecule has 0 aliphatic heterocycles. The van der Waals surface area contributed by atoms with Gasteiger partial charge in [0.05, 0.1) is 13.2 Å². The average molecular weight is 245 g/mol. The van der Waals surface area contributed by atoms with Crippen LogP contribution in [-0.2, 0) is 6.54 Å². The van der Waals surface area contributed by atoms with E-state index in [0.717, 1.165) is 23.7 Å². The van der Waals surface area contributed by atoms with Crippen molar-refractivity contribution in [1.29, 1.82) is 0 Å². The highest BCUT2D eigenvalue weighted by atomic mass is 16.5. The van der Waals surface area contributed by atoms with Crippen molar-refractivity contribution in [1.82, 2.24) is 4.98 Å². The van der Waals surface area contributed by atoms with Gasteiger partial charge in [-0.15, -0.1) is 0 Å². The molecule has 0 amide bonds. The zero-order valence-electron chi connectivity index (χ0n) is 11.1. The van der Waals surface area contributed by atoms with E-state index in [1.807, 2.05) is 31.3 Å². The average Bonchev–Trinajstić information content (AvgIpc) is 2.85. The van der Waals surface area contributed by atoms with Crippen molar-refractivity contribution >= 4 is 0 Å². The lowest BCUT2D eigenvalue weighted by molar-refractivity contribution is -0.685. The number of aryl methyl sites for hydroxylation is 1. The first-order chi connectivity index (χ1) is 8.86. The number of imidazole rings is 1. The van der Waals surface area contributed by atoms with Crippen LogP contribution in [0.25, 0.3) is 11.4 Å². The topological polar surface area (TPSA) is 28.9 Å². The summed E-state index contributed by atoms with van der Waals surface area (Å²) >= 11 is 0. The smallest absolute Gasteiger partial charge is 0.290 e. The molecule has 0 aliphatic rings. The number of unbranched alkanes of at least 4 members (excludes halogenated alkanes) is 1. The molecule has 0 atom stereocenters. The second-order valence-electron chi connectivity index (χ2n) is 4.28. The minimum Gasteiger partial charge on any atom is -0.493 e. The minimum absolute atomic E-state index is 0.687. The minimum atomic E-state index is 0.687. The summed E-state index contributed by atoms with van der Waals surface area (Å²) in [5, 5.41) is 0. The highest BCUT2D eigenvalue weighted by Crippen LogP contribution is 2.26. The molecule has 3 nitrogen and oxygen atoms in total. The van der Waals surface area contributed by atoms with Crippen LogP contribution in [0.2, 0.25) is 0 Å². The van der Waals surface area contributed by atoms with Gasteiger partial charge in [-0.3, -0.25) is 0 Å². The van der Waals surface area contributed by atoms with Gasteiger partial charge in [0.2, 0.25) is 0 Å². The van der Waals surface area contributed by atoms with Gasteiger partial charge in [-0.2, -0.15) is 0 Å². The van der Waals surface area contributed by atoms with E-state index in [0.29, 0.717) is 6.61 Å². The number of ether oxygens (including phenoxy) is 1. The van der Waals surface area contributed by atoms with E-state index in [1.54, 1.807) is 0 Å². The molecule has 0 fully saturated rings. The fourth-order valence-electron chi connectivity index (χ4n) is 2.05. The lowest BCUT2D eigenvalue weighted by Crippen LogP contribution is -2.33. The van der Waals surface area contributed by atoms with Crippen LogP contribution < -0.4 is 9.30 Å². The van der Waals surface area contributed by atoms with Crippen molar-refractivity contribution in [2.45, 2.75) is 33.2 Å². The number of hydrogen-bond donors (Lipinski definition) is 1. The Morgan fingerprint density at radius 1 is 1.22 bits per heavy atom. The van der Waals surface area contributed by atoms with Crippen LogP contribution in [0.1, 0.15) is 26.7 Å². The molecule has 0 aliphatic carbocycles. The molecule has 96 valence electrons. The van der Waals surface area contributed by atoms with Gasteiger partial charge >= 0.3 is 0 Å².